The van der Waals surface area contributed by atoms with E-state index in [0.29, 0.717) is 0 Å². The van der Waals surface area contributed by atoms with Gasteiger partial charge >= 0.3 is 10.1 Å². The lowest BCUT2D eigenvalue weighted by molar-refractivity contribution is 0.463. The average Bonchev–Trinajstić information content (AvgIpc) is 2.96. The van der Waals surface area contributed by atoms with Crippen LogP contribution in [-0.2, 0) is 31.1 Å². The maximum absolute atomic E-state index is 12.0. The first kappa shape index (κ1) is 30.1. The fourth-order valence-corrected chi connectivity index (χ4v) is 7.22. The van der Waals surface area contributed by atoms with Gasteiger partial charge in [-0.25, -0.2) is 8.42 Å². The van der Waals surface area contributed by atoms with Crippen molar-refractivity contribution >= 4 is 31.1 Å². The Morgan fingerprint density at radius 1 is 0.512 bits per heavy atom. The van der Waals surface area contributed by atoms with Crippen molar-refractivity contribution in [3.05, 3.63) is 145 Å². The standard InChI is InChI=1S/C19H17S.C13H12O6S2/c1-16-12-14-19(15-13-16)20(17-8-4-2-5-9-17)18-10-6-3-7-11-18;1-10-2-6-13(7-3-10)21(17,18)19-11-4-8-12(9-5-11)20(14,15)16/h2-15H,1H3;2-9H,1H3,(H,14,15,16)/q+1;/p-1. The summed E-state index contributed by atoms with van der Waals surface area (Å²) >= 11 is 0. The van der Waals surface area contributed by atoms with Crippen LogP contribution < -0.4 is 4.18 Å². The molecule has 0 aliphatic carbocycles. The second kappa shape index (κ2) is 13.2. The molecule has 41 heavy (non-hydrogen) atoms. The van der Waals surface area contributed by atoms with Crippen molar-refractivity contribution < 1.29 is 25.6 Å². The van der Waals surface area contributed by atoms with Crippen LogP contribution in [-0.4, -0.2) is 21.4 Å². The van der Waals surface area contributed by atoms with Gasteiger partial charge in [-0.2, -0.15) is 8.42 Å². The van der Waals surface area contributed by atoms with Crippen molar-refractivity contribution in [1.82, 2.24) is 0 Å². The zero-order valence-corrected chi connectivity index (χ0v) is 24.8. The minimum atomic E-state index is -4.58. The predicted molar refractivity (Wildman–Crippen MR) is 160 cm³/mol. The highest BCUT2D eigenvalue weighted by molar-refractivity contribution is 7.97. The van der Waals surface area contributed by atoms with Gasteiger partial charge in [-0.3, -0.25) is 0 Å². The average molecular weight is 605 g/mol. The van der Waals surface area contributed by atoms with Crippen LogP contribution in [0, 0.1) is 13.8 Å². The lowest BCUT2D eigenvalue weighted by Crippen LogP contribution is -2.09. The summed E-state index contributed by atoms with van der Waals surface area (Å²) in [7, 11) is -8.60. The highest BCUT2D eigenvalue weighted by Crippen LogP contribution is 2.31. The highest BCUT2D eigenvalue weighted by Gasteiger charge is 2.27. The normalized spacial score (nSPS) is 11.4. The molecule has 0 N–H and O–H groups in total. The topological polar surface area (TPSA) is 101 Å². The van der Waals surface area contributed by atoms with Crippen molar-refractivity contribution in [2.45, 2.75) is 38.3 Å². The van der Waals surface area contributed by atoms with Gasteiger partial charge in [-0.1, -0.05) is 71.8 Å². The molecule has 0 aliphatic rings. The van der Waals surface area contributed by atoms with Gasteiger partial charge in [0.1, 0.15) is 20.8 Å². The van der Waals surface area contributed by atoms with E-state index in [4.69, 9.17) is 4.18 Å². The molecule has 9 heteroatoms. The summed E-state index contributed by atoms with van der Waals surface area (Å²) in [5.74, 6) is -0.0806. The fraction of sp³-hybridized carbons (Fsp3) is 0.0625. The summed E-state index contributed by atoms with van der Waals surface area (Å²) < 4.78 is 61.2. The van der Waals surface area contributed by atoms with Crippen molar-refractivity contribution in [2.75, 3.05) is 0 Å². The molecule has 0 fully saturated rings. The van der Waals surface area contributed by atoms with Crippen LogP contribution in [0.1, 0.15) is 11.1 Å². The zero-order valence-electron chi connectivity index (χ0n) is 22.4. The second-order valence-corrected chi connectivity index (χ2v) is 14.0. The van der Waals surface area contributed by atoms with Gasteiger partial charge in [0.15, 0.2) is 14.7 Å². The van der Waals surface area contributed by atoms with Gasteiger partial charge in [-0.15, -0.1) is 0 Å². The van der Waals surface area contributed by atoms with Crippen LogP contribution in [0.4, 0.5) is 0 Å². The van der Waals surface area contributed by atoms with Crippen molar-refractivity contribution in [3.63, 3.8) is 0 Å². The van der Waals surface area contributed by atoms with E-state index in [1.165, 1.54) is 32.4 Å². The van der Waals surface area contributed by atoms with E-state index in [-0.39, 0.29) is 21.5 Å². The molecule has 0 saturated heterocycles. The van der Waals surface area contributed by atoms with E-state index in [1.54, 1.807) is 12.1 Å². The van der Waals surface area contributed by atoms with Crippen LogP contribution in [0.2, 0.25) is 0 Å². The first-order chi connectivity index (χ1) is 19.5. The number of hydrogen-bond acceptors (Lipinski definition) is 6. The van der Waals surface area contributed by atoms with Crippen molar-refractivity contribution in [2.24, 2.45) is 0 Å². The van der Waals surface area contributed by atoms with E-state index in [9.17, 15) is 21.4 Å². The Morgan fingerprint density at radius 2 is 0.902 bits per heavy atom. The van der Waals surface area contributed by atoms with Gasteiger partial charge in [0.05, 0.1) is 15.8 Å². The molecule has 0 radical (unpaired) electrons. The van der Waals surface area contributed by atoms with Crippen LogP contribution in [0.3, 0.4) is 0 Å². The summed E-state index contributed by atoms with van der Waals surface area (Å²) in [5.41, 5.74) is 2.21. The third-order valence-corrected chi connectivity index (χ3v) is 10.2. The summed E-state index contributed by atoms with van der Waals surface area (Å²) in [6.07, 6.45) is 0. The summed E-state index contributed by atoms with van der Waals surface area (Å²) in [6, 6.07) is 40.6. The maximum Gasteiger partial charge on any atom is 0.339 e. The molecule has 5 aromatic rings. The number of aryl methyl sites for hydroxylation is 2. The molecule has 0 amide bonds. The van der Waals surface area contributed by atoms with Gasteiger partial charge in [0.2, 0.25) is 0 Å². The molecule has 5 aromatic carbocycles. The minimum absolute atomic E-state index is 0.0198. The molecule has 0 atom stereocenters. The Bertz CT molecular complexity index is 1730. The Kier molecular flexibility index (Phi) is 9.67. The van der Waals surface area contributed by atoms with Crippen LogP contribution in [0.5, 0.6) is 5.75 Å². The van der Waals surface area contributed by atoms with Gasteiger partial charge in [0, 0.05) is 0 Å². The monoisotopic (exact) mass is 604 g/mol. The second-order valence-electron chi connectivity index (χ2n) is 9.02. The minimum Gasteiger partial charge on any atom is -0.744 e. The molecule has 0 bridgehead atoms. The first-order valence-electron chi connectivity index (χ1n) is 12.5. The molecule has 5 rings (SSSR count). The molecule has 0 aliphatic heterocycles. The van der Waals surface area contributed by atoms with Crippen LogP contribution >= 0.6 is 0 Å². The highest BCUT2D eigenvalue weighted by atomic mass is 32.2. The Morgan fingerprint density at radius 3 is 1.34 bits per heavy atom. The fourth-order valence-electron chi connectivity index (χ4n) is 3.74. The van der Waals surface area contributed by atoms with E-state index in [0.717, 1.165) is 29.8 Å². The van der Waals surface area contributed by atoms with E-state index >= 15 is 0 Å². The van der Waals surface area contributed by atoms with Gasteiger partial charge in [-0.05, 0) is 86.6 Å². The third kappa shape index (κ3) is 8.31. The summed E-state index contributed by atoms with van der Waals surface area (Å²) in [4.78, 5) is 3.62. The zero-order chi connectivity index (χ0) is 29.5. The van der Waals surface area contributed by atoms with E-state index in [2.05, 4.69) is 91.9 Å². The van der Waals surface area contributed by atoms with Crippen LogP contribution in [0.15, 0.2) is 158 Å². The largest absolute Gasteiger partial charge is 0.744 e. The maximum atomic E-state index is 12.0. The van der Waals surface area contributed by atoms with Crippen molar-refractivity contribution in [1.29, 1.82) is 0 Å². The van der Waals surface area contributed by atoms with Crippen LogP contribution in [0.25, 0.3) is 0 Å². The summed E-state index contributed by atoms with van der Waals surface area (Å²) in [5, 5.41) is 0. The molecular formula is C32H28O6S3. The molecule has 6 nitrogen and oxygen atoms in total. The quantitative estimate of drug-likeness (QED) is 0.116. The first-order valence-corrected chi connectivity index (χ1v) is 16.6. The SMILES string of the molecule is Cc1ccc(S(=O)(=O)Oc2ccc(S(=O)(=O)[O-])cc2)cc1.Cc1ccc([S+](c2ccccc2)c2ccccc2)cc1. The van der Waals surface area contributed by atoms with Gasteiger partial charge < -0.3 is 8.74 Å². The molecule has 0 unspecified atom stereocenters. The number of rotatable bonds is 7. The van der Waals surface area contributed by atoms with E-state index < -0.39 is 25.1 Å². The summed E-state index contributed by atoms with van der Waals surface area (Å²) in [6.45, 7) is 3.95. The molecular weight excluding hydrogens is 577 g/mol. The molecule has 0 saturated carbocycles. The van der Waals surface area contributed by atoms with E-state index in [1.807, 2.05) is 6.92 Å². The molecule has 0 spiro atoms. The molecule has 0 heterocycles. The van der Waals surface area contributed by atoms with Crippen molar-refractivity contribution in [3.8, 4) is 5.75 Å². The number of hydrogen-bond donors (Lipinski definition) is 0. The predicted octanol–water partition coefficient (Wildman–Crippen LogP) is 6.76. The lowest BCUT2D eigenvalue weighted by atomic mass is 10.2. The smallest absolute Gasteiger partial charge is 0.339 e. The molecule has 0 aromatic heterocycles. The Labute approximate surface area is 244 Å². The third-order valence-electron chi connectivity index (χ3n) is 5.84. The molecule has 210 valence electrons. The lowest BCUT2D eigenvalue weighted by Gasteiger charge is -2.09. The van der Waals surface area contributed by atoms with Gasteiger partial charge in [0.25, 0.3) is 0 Å². The Hall–Kier alpha value is -3.89. The Balaban J connectivity index is 0.000000189. The number of benzene rings is 5.